The second-order valence-corrected chi connectivity index (χ2v) is 8.51. The topological polar surface area (TPSA) is 123 Å². The molecule has 1 aliphatic carbocycles. The Bertz CT molecular complexity index is 1180. The lowest BCUT2D eigenvalue weighted by molar-refractivity contribution is -0.142. The van der Waals surface area contributed by atoms with Gasteiger partial charge in [-0.05, 0) is 28.7 Å². The molecule has 0 radical (unpaired) electrons. The second kappa shape index (κ2) is 10.9. The number of fused-ring (bicyclic) bond motifs is 3. The first-order valence-corrected chi connectivity index (χ1v) is 11.6. The summed E-state index contributed by atoms with van der Waals surface area (Å²) in [6.45, 7) is 2.06. The van der Waals surface area contributed by atoms with E-state index >= 15 is 0 Å². The third kappa shape index (κ3) is 5.68. The molecule has 0 aliphatic heterocycles. The van der Waals surface area contributed by atoms with Crippen LogP contribution in [0.2, 0.25) is 0 Å². The van der Waals surface area contributed by atoms with Crippen LogP contribution in [0.3, 0.4) is 0 Å². The molecule has 1 unspecified atom stereocenters. The molecule has 9 heteroatoms. The molecule has 0 saturated heterocycles. The van der Waals surface area contributed by atoms with E-state index in [-0.39, 0.29) is 31.5 Å². The van der Waals surface area contributed by atoms with Crippen LogP contribution >= 0.6 is 0 Å². The smallest absolute Gasteiger partial charge is 0.411 e. The van der Waals surface area contributed by atoms with Gasteiger partial charge in [0.15, 0.2) is 0 Å². The van der Waals surface area contributed by atoms with Crippen molar-refractivity contribution >= 4 is 23.7 Å². The number of ether oxygens (including phenoxy) is 1. The fourth-order valence-electron chi connectivity index (χ4n) is 4.37. The van der Waals surface area contributed by atoms with Crippen LogP contribution in [0.5, 0.6) is 0 Å². The quantitative estimate of drug-likeness (QED) is 0.408. The number of carboxylic acids is 1. The van der Waals surface area contributed by atoms with Crippen LogP contribution < -0.4 is 10.6 Å². The number of aromatic nitrogens is 2. The lowest BCUT2D eigenvalue weighted by atomic mass is 9.98. The summed E-state index contributed by atoms with van der Waals surface area (Å²) in [5.41, 5.74) is 4.96. The molecule has 0 saturated carbocycles. The number of benzene rings is 2. The van der Waals surface area contributed by atoms with E-state index in [1.807, 2.05) is 31.2 Å². The summed E-state index contributed by atoms with van der Waals surface area (Å²) in [5, 5.41) is 18.5. The van der Waals surface area contributed by atoms with E-state index in [4.69, 9.17) is 4.74 Å². The lowest BCUT2D eigenvalue weighted by Gasteiger charge is -2.14. The van der Waals surface area contributed by atoms with Crippen molar-refractivity contribution < 1.29 is 24.2 Å². The third-order valence-corrected chi connectivity index (χ3v) is 6.06. The van der Waals surface area contributed by atoms with Gasteiger partial charge in [0.1, 0.15) is 13.2 Å². The summed E-state index contributed by atoms with van der Waals surface area (Å²) < 4.78 is 6.89. The maximum absolute atomic E-state index is 12.4. The molecule has 3 N–H and O–H groups in total. The summed E-state index contributed by atoms with van der Waals surface area (Å²) >= 11 is 0. The van der Waals surface area contributed by atoms with Gasteiger partial charge in [-0.15, -0.1) is 0 Å². The van der Waals surface area contributed by atoms with E-state index in [9.17, 15) is 19.5 Å². The van der Waals surface area contributed by atoms with E-state index in [2.05, 4.69) is 40.0 Å². The summed E-state index contributed by atoms with van der Waals surface area (Å²) in [7, 11) is 0. The summed E-state index contributed by atoms with van der Waals surface area (Å²) in [6.07, 6.45) is 3.54. The second-order valence-electron chi connectivity index (χ2n) is 8.51. The highest BCUT2D eigenvalue weighted by molar-refractivity contribution is 5.85. The Morgan fingerprint density at radius 1 is 1.09 bits per heavy atom. The Kier molecular flexibility index (Phi) is 7.45. The molecular weight excluding hydrogens is 448 g/mol. The third-order valence-electron chi connectivity index (χ3n) is 6.06. The minimum Gasteiger partial charge on any atom is -0.481 e. The molecule has 0 fully saturated rings. The van der Waals surface area contributed by atoms with Gasteiger partial charge in [-0.25, -0.2) is 4.79 Å². The molecule has 1 heterocycles. The molecule has 0 bridgehead atoms. The Morgan fingerprint density at radius 3 is 2.37 bits per heavy atom. The Balaban J connectivity index is 1.28. The Morgan fingerprint density at radius 2 is 1.74 bits per heavy atom. The Hall–Kier alpha value is -4.14. The molecule has 182 valence electrons. The van der Waals surface area contributed by atoms with Gasteiger partial charge in [0.25, 0.3) is 0 Å². The molecule has 35 heavy (non-hydrogen) atoms. The number of hydrogen-bond acceptors (Lipinski definition) is 5. The average Bonchev–Trinajstić information content (AvgIpc) is 3.42. The number of amides is 2. The van der Waals surface area contributed by atoms with Gasteiger partial charge in [0.2, 0.25) is 5.91 Å². The number of carbonyl (C=O) groups excluding carboxylic acids is 2. The van der Waals surface area contributed by atoms with Crippen molar-refractivity contribution in [1.82, 2.24) is 15.1 Å². The molecule has 0 spiro atoms. The maximum Gasteiger partial charge on any atom is 0.411 e. The van der Waals surface area contributed by atoms with Crippen molar-refractivity contribution in [2.24, 2.45) is 5.92 Å². The number of rotatable bonds is 10. The molecule has 2 amide bonds. The summed E-state index contributed by atoms with van der Waals surface area (Å²) in [6, 6.07) is 16.2. The fraction of sp³-hybridized carbons (Fsp3) is 0.308. The van der Waals surface area contributed by atoms with Crippen LogP contribution in [0, 0.1) is 5.92 Å². The highest BCUT2D eigenvalue weighted by Crippen LogP contribution is 2.44. The maximum atomic E-state index is 12.4. The highest BCUT2D eigenvalue weighted by atomic mass is 16.5. The van der Waals surface area contributed by atoms with Gasteiger partial charge in [-0.1, -0.05) is 61.9 Å². The van der Waals surface area contributed by atoms with Crippen molar-refractivity contribution in [3.63, 3.8) is 0 Å². The summed E-state index contributed by atoms with van der Waals surface area (Å²) in [4.78, 5) is 35.8. The van der Waals surface area contributed by atoms with Crippen LogP contribution in [0.25, 0.3) is 11.1 Å². The van der Waals surface area contributed by atoms with Crippen LogP contribution in [0.4, 0.5) is 10.5 Å². The first-order chi connectivity index (χ1) is 17.0. The average molecular weight is 477 g/mol. The largest absolute Gasteiger partial charge is 0.481 e. The first kappa shape index (κ1) is 24.0. The first-order valence-electron chi connectivity index (χ1n) is 11.6. The number of nitrogens with one attached hydrogen (secondary N) is 2. The van der Waals surface area contributed by atoms with Crippen LogP contribution in [-0.2, 0) is 20.9 Å². The lowest BCUT2D eigenvalue weighted by Crippen LogP contribution is -2.35. The molecular formula is C26H28N4O5. The highest BCUT2D eigenvalue weighted by Gasteiger charge is 2.29. The molecule has 1 aromatic heterocycles. The van der Waals surface area contributed by atoms with Crippen molar-refractivity contribution in [2.45, 2.75) is 32.2 Å². The van der Waals surface area contributed by atoms with E-state index in [0.717, 1.165) is 28.7 Å². The van der Waals surface area contributed by atoms with Crippen LogP contribution in [0.1, 0.15) is 36.8 Å². The van der Waals surface area contributed by atoms with Crippen LogP contribution in [0.15, 0.2) is 60.9 Å². The van der Waals surface area contributed by atoms with Gasteiger partial charge >= 0.3 is 12.1 Å². The molecule has 1 aliphatic rings. The number of nitrogens with zero attached hydrogens (tertiary/aromatic N) is 2. The summed E-state index contributed by atoms with van der Waals surface area (Å²) in [5.74, 6) is -1.95. The van der Waals surface area contributed by atoms with Gasteiger partial charge < -0.3 is 15.2 Å². The van der Waals surface area contributed by atoms with E-state index < -0.39 is 18.0 Å². The molecule has 4 rings (SSSR count). The zero-order valence-corrected chi connectivity index (χ0v) is 19.4. The standard InChI is InChI=1S/C26H28N4O5/c1-2-7-17(25(32)33)12-27-24(31)15-30-14-18(13-28-30)29-26(34)35-16-23-21-10-5-3-8-19(21)20-9-4-6-11-22(20)23/h3-6,8-11,13-14,17,23H,2,7,12,15-16H2,1H3,(H,27,31)(H,29,34)(H,32,33). The van der Waals surface area contributed by atoms with Crippen molar-refractivity contribution in [2.75, 3.05) is 18.5 Å². The number of anilines is 1. The Labute approximate surface area is 203 Å². The number of carbonyl (C=O) groups is 3. The zero-order valence-electron chi connectivity index (χ0n) is 19.4. The van der Waals surface area contributed by atoms with Gasteiger partial charge in [0.05, 0.1) is 17.8 Å². The van der Waals surface area contributed by atoms with E-state index in [1.54, 1.807) is 0 Å². The zero-order chi connectivity index (χ0) is 24.8. The molecule has 3 aromatic rings. The number of aliphatic carboxylic acids is 1. The molecule has 9 nitrogen and oxygen atoms in total. The SMILES string of the molecule is CCCC(CNC(=O)Cn1cc(NC(=O)OCC2c3ccccc3-c3ccccc32)cn1)C(=O)O. The van der Waals surface area contributed by atoms with Crippen LogP contribution in [-0.4, -0.2) is 46.0 Å². The minimum atomic E-state index is -0.930. The monoisotopic (exact) mass is 476 g/mol. The van der Waals surface area contributed by atoms with Gasteiger partial charge in [-0.3, -0.25) is 19.6 Å². The predicted molar refractivity (Wildman–Crippen MR) is 130 cm³/mol. The minimum absolute atomic E-state index is 0.0399. The molecule has 1 atom stereocenters. The van der Waals surface area contributed by atoms with E-state index in [0.29, 0.717) is 12.1 Å². The van der Waals surface area contributed by atoms with Crippen molar-refractivity contribution in [3.05, 3.63) is 72.1 Å². The predicted octanol–water partition coefficient (Wildman–Crippen LogP) is 3.86. The van der Waals surface area contributed by atoms with Gasteiger partial charge in [0, 0.05) is 18.7 Å². The van der Waals surface area contributed by atoms with E-state index in [1.165, 1.54) is 17.1 Å². The molecule has 2 aromatic carbocycles. The van der Waals surface area contributed by atoms with Crippen molar-refractivity contribution in [3.8, 4) is 11.1 Å². The number of hydrogen-bond donors (Lipinski definition) is 3. The number of carboxylic acid groups (broad SMARTS) is 1. The van der Waals surface area contributed by atoms with Crippen molar-refractivity contribution in [1.29, 1.82) is 0 Å². The van der Waals surface area contributed by atoms with Gasteiger partial charge in [-0.2, -0.15) is 5.10 Å². The fourth-order valence-corrected chi connectivity index (χ4v) is 4.37. The normalized spacial score (nSPS) is 12.9.